The van der Waals surface area contributed by atoms with Gasteiger partial charge in [0, 0.05) is 6.42 Å². The molecule has 182 valence electrons. The number of aliphatic hydroxyl groups excluding tert-OH is 1. The Balaban J connectivity index is 0. The molecule has 31 heavy (non-hydrogen) atoms. The molecule has 7 nitrogen and oxygen atoms in total. The molecule has 0 fully saturated rings. The van der Waals surface area contributed by atoms with E-state index in [1.807, 2.05) is 0 Å². The minimum absolute atomic E-state index is 0.0865. The van der Waals surface area contributed by atoms with Crippen molar-refractivity contribution in [1.29, 1.82) is 0 Å². The van der Waals surface area contributed by atoms with Gasteiger partial charge >= 0.3 is 17.9 Å². The number of carboxylic acids is 1. The smallest absolute Gasteiger partial charge is 0.306 e. The summed E-state index contributed by atoms with van der Waals surface area (Å²) >= 11 is 0. The monoisotopic (exact) mass is 444 g/mol. The Labute approximate surface area is 188 Å². The van der Waals surface area contributed by atoms with Crippen LogP contribution in [0.3, 0.4) is 0 Å². The Morgan fingerprint density at radius 2 is 1.32 bits per heavy atom. The maximum Gasteiger partial charge on any atom is 0.306 e. The van der Waals surface area contributed by atoms with Gasteiger partial charge in [-0.1, -0.05) is 64.0 Å². The molecular formula is C24H44O7. The molecule has 0 aromatic heterocycles. The number of unbranched alkanes of at least 4 members (excludes halogenated alkanes) is 8. The van der Waals surface area contributed by atoms with E-state index in [4.69, 9.17) is 5.11 Å². The maximum absolute atomic E-state index is 10.4. The normalized spacial score (nSPS) is 11.5. The summed E-state index contributed by atoms with van der Waals surface area (Å²) in [7, 11) is 2.55. The number of hydrogen-bond donors (Lipinski definition) is 2. The van der Waals surface area contributed by atoms with E-state index < -0.39 is 17.9 Å². The summed E-state index contributed by atoms with van der Waals surface area (Å²) in [5.41, 5.74) is 0. The molecular weight excluding hydrogens is 400 g/mol. The van der Waals surface area contributed by atoms with Gasteiger partial charge in [-0.15, -0.1) is 0 Å². The average molecular weight is 445 g/mol. The number of rotatable bonds is 18. The average Bonchev–Trinajstić information content (AvgIpc) is 2.76. The van der Waals surface area contributed by atoms with Crippen molar-refractivity contribution in [3.63, 3.8) is 0 Å². The van der Waals surface area contributed by atoms with Crippen LogP contribution < -0.4 is 0 Å². The van der Waals surface area contributed by atoms with E-state index in [9.17, 15) is 19.5 Å². The van der Waals surface area contributed by atoms with Gasteiger partial charge in [0.15, 0.2) is 0 Å². The van der Waals surface area contributed by atoms with Crippen molar-refractivity contribution in [3.05, 3.63) is 12.2 Å². The standard InChI is InChI=1S/C18H34O3.C6H10O4/c1-2-3-4-11-14-17(19)15-12-9-7-5-6-8-10-13-16-18(20)21;1-9-5(7)3-4-6(8)10-2/h9,12,17,19H,2-8,10-11,13-16H2,1H3,(H,20,21);3-4H2,1-2H3/b12-9-;/t17-;/m1./s1. The number of aliphatic hydroxyl groups is 1. The van der Waals surface area contributed by atoms with Crippen LogP contribution in [0.5, 0.6) is 0 Å². The zero-order valence-electron chi connectivity index (χ0n) is 19.8. The zero-order valence-corrected chi connectivity index (χ0v) is 19.8. The van der Waals surface area contributed by atoms with Crippen LogP contribution in [-0.2, 0) is 23.9 Å². The van der Waals surface area contributed by atoms with E-state index >= 15 is 0 Å². The summed E-state index contributed by atoms with van der Waals surface area (Å²) in [5, 5.41) is 18.3. The van der Waals surface area contributed by atoms with Gasteiger partial charge in [0.1, 0.15) is 0 Å². The minimum atomic E-state index is -0.689. The molecule has 7 heteroatoms. The quantitative estimate of drug-likeness (QED) is 0.170. The Hall–Kier alpha value is -1.89. The van der Waals surface area contributed by atoms with Crippen molar-refractivity contribution in [3.8, 4) is 0 Å². The van der Waals surface area contributed by atoms with Gasteiger partial charge < -0.3 is 19.7 Å². The Kier molecular flexibility index (Phi) is 24.6. The number of allylic oxidation sites excluding steroid dienone is 1. The summed E-state index contributed by atoms with van der Waals surface area (Å²) in [6.45, 7) is 2.20. The van der Waals surface area contributed by atoms with Crippen molar-refractivity contribution < 1.29 is 34.1 Å². The molecule has 0 aliphatic heterocycles. The van der Waals surface area contributed by atoms with E-state index in [-0.39, 0.29) is 18.9 Å². The first-order chi connectivity index (χ1) is 14.9. The predicted octanol–water partition coefficient (Wildman–Crippen LogP) is 5.19. The summed E-state index contributed by atoms with van der Waals surface area (Å²) in [6.07, 6.45) is 17.5. The Bertz CT molecular complexity index is 459. The first-order valence-electron chi connectivity index (χ1n) is 11.6. The number of carboxylic acid groups (broad SMARTS) is 1. The number of esters is 2. The van der Waals surface area contributed by atoms with Gasteiger partial charge in [0.05, 0.1) is 33.2 Å². The second-order valence-corrected chi connectivity index (χ2v) is 7.56. The lowest BCUT2D eigenvalue weighted by molar-refractivity contribution is -0.147. The minimum Gasteiger partial charge on any atom is -0.481 e. The molecule has 0 amide bonds. The first-order valence-corrected chi connectivity index (χ1v) is 11.6. The lowest BCUT2D eigenvalue weighted by Gasteiger charge is -2.07. The molecule has 0 saturated heterocycles. The van der Waals surface area contributed by atoms with E-state index in [1.165, 1.54) is 39.9 Å². The topological polar surface area (TPSA) is 110 Å². The van der Waals surface area contributed by atoms with E-state index in [0.717, 1.165) is 51.4 Å². The third kappa shape index (κ3) is 28.1. The van der Waals surface area contributed by atoms with E-state index in [0.29, 0.717) is 6.42 Å². The van der Waals surface area contributed by atoms with Crippen LogP contribution in [0, 0.1) is 0 Å². The van der Waals surface area contributed by atoms with Crippen molar-refractivity contribution in [1.82, 2.24) is 0 Å². The van der Waals surface area contributed by atoms with Crippen LogP contribution in [0.15, 0.2) is 12.2 Å². The molecule has 0 radical (unpaired) electrons. The van der Waals surface area contributed by atoms with Crippen molar-refractivity contribution in [2.24, 2.45) is 0 Å². The number of methoxy groups -OCH3 is 2. The number of aliphatic carboxylic acids is 1. The lowest BCUT2D eigenvalue weighted by atomic mass is 10.1. The highest BCUT2D eigenvalue weighted by Gasteiger charge is 2.05. The summed E-state index contributed by atoms with van der Waals surface area (Å²) in [4.78, 5) is 31.1. The van der Waals surface area contributed by atoms with Crippen LogP contribution >= 0.6 is 0 Å². The zero-order chi connectivity index (χ0) is 23.7. The summed E-state index contributed by atoms with van der Waals surface area (Å²) in [6, 6.07) is 0. The van der Waals surface area contributed by atoms with Crippen LogP contribution in [0.2, 0.25) is 0 Å². The highest BCUT2D eigenvalue weighted by molar-refractivity contribution is 5.77. The van der Waals surface area contributed by atoms with Crippen LogP contribution in [0.4, 0.5) is 0 Å². The molecule has 0 spiro atoms. The third-order valence-electron chi connectivity index (χ3n) is 4.72. The van der Waals surface area contributed by atoms with Crippen molar-refractivity contribution >= 4 is 17.9 Å². The highest BCUT2D eigenvalue weighted by atomic mass is 16.5. The van der Waals surface area contributed by atoms with Crippen LogP contribution in [0.25, 0.3) is 0 Å². The number of hydrogen-bond acceptors (Lipinski definition) is 6. The molecule has 1 atom stereocenters. The predicted molar refractivity (Wildman–Crippen MR) is 122 cm³/mol. The van der Waals surface area contributed by atoms with Crippen molar-refractivity contribution in [2.75, 3.05) is 14.2 Å². The maximum atomic E-state index is 10.4. The molecule has 2 N–H and O–H groups in total. The number of ether oxygens (including phenoxy) is 2. The summed E-state index contributed by atoms with van der Waals surface area (Å²) in [5.74, 6) is -1.48. The van der Waals surface area contributed by atoms with Gasteiger partial charge in [-0.05, 0) is 32.1 Å². The molecule has 0 aromatic rings. The fourth-order valence-corrected chi connectivity index (χ4v) is 2.77. The van der Waals surface area contributed by atoms with E-state index in [1.54, 1.807) is 0 Å². The molecule has 0 saturated carbocycles. The molecule has 0 bridgehead atoms. The molecule has 0 aliphatic carbocycles. The first kappa shape index (κ1) is 31.3. The number of carbonyl (C=O) groups is 3. The SMILES string of the molecule is CCCCCC[C@@H](O)C/C=C\CCCCCCCC(=O)O.COC(=O)CCC(=O)OC. The third-order valence-corrected chi connectivity index (χ3v) is 4.72. The Morgan fingerprint density at radius 1 is 0.774 bits per heavy atom. The summed E-state index contributed by atoms with van der Waals surface area (Å²) < 4.78 is 8.60. The van der Waals surface area contributed by atoms with E-state index in [2.05, 4.69) is 28.5 Å². The second-order valence-electron chi connectivity index (χ2n) is 7.56. The molecule has 0 aromatic carbocycles. The number of carbonyl (C=O) groups excluding carboxylic acids is 2. The fraction of sp³-hybridized carbons (Fsp3) is 0.792. The van der Waals surface area contributed by atoms with Gasteiger partial charge in [-0.2, -0.15) is 0 Å². The lowest BCUT2D eigenvalue weighted by Crippen LogP contribution is -2.06. The van der Waals surface area contributed by atoms with Gasteiger partial charge in [0.2, 0.25) is 0 Å². The van der Waals surface area contributed by atoms with Crippen LogP contribution in [0.1, 0.15) is 103 Å². The highest BCUT2D eigenvalue weighted by Crippen LogP contribution is 2.10. The van der Waals surface area contributed by atoms with Crippen molar-refractivity contribution in [2.45, 2.75) is 109 Å². The van der Waals surface area contributed by atoms with Gasteiger partial charge in [0.25, 0.3) is 0 Å². The molecule has 0 aliphatic rings. The molecule has 0 rings (SSSR count). The Morgan fingerprint density at radius 3 is 1.87 bits per heavy atom. The molecule has 0 heterocycles. The second kappa shape index (κ2) is 24.4. The fourth-order valence-electron chi connectivity index (χ4n) is 2.77. The molecule has 0 unspecified atom stereocenters. The van der Waals surface area contributed by atoms with Gasteiger partial charge in [-0.3, -0.25) is 14.4 Å². The van der Waals surface area contributed by atoms with Gasteiger partial charge in [-0.25, -0.2) is 0 Å². The largest absolute Gasteiger partial charge is 0.481 e. The van der Waals surface area contributed by atoms with Crippen LogP contribution in [-0.4, -0.2) is 48.4 Å².